The first-order valence-electron chi connectivity index (χ1n) is 20.1. The Labute approximate surface area is 354 Å². The largest absolute Gasteiger partial charge is 0.456 e. The predicted octanol–water partition coefficient (Wildman–Crippen LogP) is 17.3. The van der Waals surface area contributed by atoms with E-state index >= 15 is 0 Å². The molecule has 0 atom stereocenters. The molecule has 8 aromatic carbocycles. The van der Waals surface area contributed by atoms with Crippen LogP contribution in [0.2, 0.25) is 0 Å². The molecule has 0 saturated heterocycles. The average molecular weight is 803 g/mol. The van der Waals surface area contributed by atoms with E-state index in [9.17, 15) is 0 Å². The summed E-state index contributed by atoms with van der Waals surface area (Å²) in [5.74, 6) is 0. The first kappa shape index (κ1) is 34.8. The van der Waals surface area contributed by atoms with Gasteiger partial charge >= 0.3 is 0 Å². The summed E-state index contributed by atoms with van der Waals surface area (Å²) >= 11 is 3.74. The van der Waals surface area contributed by atoms with E-state index in [4.69, 9.17) is 8.83 Å². The monoisotopic (exact) mass is 802 g/mol. The van der Waals surface area contributed by atoms with Crippen LogP contribution in [-0.2, 0) is 0 Å². The van der Waals surface area contributed by atoms with Gasteiger partial charge in [0.25, 0.3) is 0 Å². The van der Waals surface area contributed by atoms with Crippen molar-refractivity contribution in [1.82, 2.24) is 0 Å². The van der Waals surface area contributed by atoms with E-state index in [0.29, 0.717) is 0 Å². The predicted molar refractivity (Wildman–Crippen MR) is 255 cm³/mol. The molecule has 0 N–H and O–H groups in total. The van der Waals surface area contributed by atoms with Gasteiger partial charge in [0.1, 0.15) is 22.3 Å². The van der Waals surface area contributed by atoms with Gasteiger partial charge in [-0.25, -0.2) is 0 Å². The van der Waals surface area contributed by atoms with Crippen molar-refractivity contribution in [2.24, 2.45) is 0 Å². The molecule has 0 aliphatic carbocycles. The lowest BCUT2D eigenvalue weighted by Crippen LogP contribution is -1.81. The molecule has 2 nitrogen and oxygen atoms in total. The molecule has 60 heavy (non-hydrogen) atoms. The number of hydrogen-bond donors (Lipinski definition) is 0. The van der Waals surface area contributed by atoms with Crippen molar-refractivity contribution in [1.29, 1.82) is 0 Å². The molecule has 0 amide bonds. The lowest BCUT2D eigenvalue weighted by molar-refractivity contribution is 0.668. The van der Waals surface area contributed by atoms with Crippen LogP contribution in [0.25, 0.3) is 119 Å². The van der Waals surface area contributed by atoms with Gasteiger partial charge in [0.05, 0.1) is 0 Å². The number of benzene rings is 8. The maximum absolute atomic E-state index is 6.11. The van der Waals surface area contributed by atoms with Crippen LogP contribution in [0.4, 0.5) is 0 Å². The maximum atomic E-state index is 6.11. The molecule has 12 rings (SSSR count). The van der Waals surface area contributed by atoms with Crippen LogP contribution in [-0.4, -0.2) is 0 Å². The van der Waals surface area contributed by atoms with Crippen LogP contribution in [0.1, 0.15) is 0 Å². The Kier molecular flexibility index (Phi) is 8.25. The molecule has 0 radical (unpaired) electrons. The zero-order valence-electron chi connectivity index (χ0n) is 32.3. The standard InChI is InChI=1S/C56H34O2S2/c1-3-11-37(12-4-1)45-33-53(59-55(45)39-23-19-35(20-24-39)41-27-29-51-47(31-41)43-15-7-9-17-49(43)57-51)54-34-46(38-13-5-2-6-14-38)56(60-54)40-25-21-36(22-26-40)42-28-30-52-48(32-42)44-16-8-10-18-50(44)58-52/h1-34H. The van der Waals surface area contributed by atoms with E-state index in [-0.39, 0.29) is 0 Å². The molecular formula is C56H34O2S2. The minimum Gasteiger partial charge on any atom is -0.456 e. The zero-order valence-corrected chi connectivity index (χ0v) is 33.9. The molecule has 0 spiro atoms. The Morgan fingerprint density at radius 2 is 0.600 bits per heavy atom. The SMILES string of the molecule is c1ccc(-c2cc(-c3cc(-c4ccccc4)c(-c4ccc(-c5ccc6oc7ccccc7c6c5)cc4)s3)sc2-c2ccc(-c3ccc4oc5ccccc5c4c3)cc2)cc1. The summed E-state index contributed by atoms with van der Waals surface area (Å²) in [6, 6.07) is 74.0. The molecule has 4 aromatic heterocycles. The Morgan fingerprint density at radius 1 is 0.250 bits per heavy atom. The summed E-state index contributed by atoms with van der Waals surface area (Å²) in [5, 5.41) is 4.57. The minimum absolute atomic E-state index is 0.914. The van der Waals surface area contributed by atoms with Gasteiger partial charge in [-0.3, -0.25) is 0 Å². The summed E-state index contributed by atoms with van der Waals surface area (Å²) in [7, 11) is 0. The van der Waals surface area contributed by atoms with E-state index in [1.54, 1.807) is 0 Å². The molecule has 0 fully saturated rings. The van der Waals surface area contributed by atoms with Crippen molar-refractivity contribution in [3.8, 4) is 75.1 Å². The van der Waals surface area contributed by atoms with Crippen molar-refractivity contribution >= 4 is 66.6 Å². The molecule has 0 aliphatic heterocycles. The Balaban J connectivity index is 0.924. The summed E-state index contributed by atoms with van der Waals surface area (Å²) in [5.41, 5.74) is 15.7. The summed E-state index contributed by atoms with van der Waals surface area (Å²) in [4.78, 5) is 5.05. The fourth-order valence-corrected chi connectivity index (χ4v) is 11.0. The van der Waals surface area contributed by atoms with Crippen molar-refractivity contribution in [2.75, 3.05) is 0 Å². The maximum Gasteiger partial charge on any atom is 0.135 e. The highest BCUT2D eigenvalue weighted by molar-refractivity contribution is 7.26. The number of fused-ring (bicyclic) bond motifs is 6. The quantitative estimate of drug-likeness (QED) is 0.160. The topological polar surface area (TPSA) is 26.3 Å². The van der Waals surface area contributed by atoms with Crippen LogP contribution >= 0.6 is 22.7 Å². The Morgan fingerprint density at radius 3 is 1.03 bits per heavy atom. The van der Waals surface area contributed by atoms with Gasteiger partial charge in [-0.05, 0) is 93.0 Å². The number of para-hydroxylation sites is 2. The summed E-state index contributed by atoms with van der Waals surface area (Å²) in [6.45, 7) is 0. The third-order valence-corrected chi connectivity index (χ3v) is 14.2. The lowest BCUT2D eigenvalue weighted by Gasteiger charge is -2.07. The van der Waals surface area contributed by atoms with Crippen LogP contribution in [0, 0.1) is 0 Å². The molecule has 282 valence electrons. The Bertz CT molecular complexity index is 3270. The van der Waals surface area contributed by atoms with E-state index in [0.717, 1.165) is 43.9 Å². The molecule has 4 heteroatoms. The first-order chi connectivity index (χ1) is 29.7. The highest BCUT2D eigenvalue weighted by Gasteiger charge is 2.20. The van der Waals surface area contributed by atoms with Crippen molar-refractivity contribution in [2.45, 2.75) is 0 Å². The van der Waals surface area contributed by atoms with Crippen LogP contribution < -0.4 is 0 Å². The average Bonchev–Trinajstić information content (AvgIpc) is 4.12. The third kappa shape index (κ3) is 6.00. The molecule has 0 unspecified atom stereocenters. The van der Waals surface area contributed by atoms with Gasteiger partial charge in [-0.1, -0.05) is 158 Å². The number of furan rings is 2. The number of rotatable bonds is 7. The summed E-state index contributed by atoms with van der Waals surface area (Å²) < 4.78 is 12.2. The smallest absolute Gasteiger partial charge is 0.135 e. The normalized spacial score (nSPS) is 11.7. The van der Waals surface area contributed by atoms with Crippen LogP contribution in [0.15, 0.2) is 215 Å². The van der Waals surface area contributed by atoms with Gasteiger partial charge in [0.15, 0.2) is 0 Å². The van der Waals surface area contributed by atoms with Gasteiger partial charge in [-0.15, -0.1) is 22.7 Å². The second kappa shape index (κ2) is 14.2. The van der Waals surface area contributed by atoms with E-state index in [2.05, 4.69) is 182 Å². The minimum atomic E-state index is 0.914. The molecular weight excluding hydrogens is 769 g/mol. The van der Waals surface area contributed by atoms with Crippen molar-refractivity contribution in [3.05, 3.63) is 206 Å². The van der Waals surface area contributed by atoms with Crippen molar-refractivity contribution < 1.29 is 8.83 Å². The second-order valence-electron chi connectivity index (χ2n) is 15.2. The van der Waals surface area contributed by atoms with Gasteiger partial charge in [0, 0.05) is 52.2 Å². The fraction of sp³-hybridized carbons (Fsp3) is 0. The highest BCUT2D eigenvalue weighted by Crippen LogP contribution is 2.50. The van der Waals surface area contributed by atoms with Gasteiger partial charge < -0.3 is 8.83 Å². The van der Waals surface area contributed by atoms with Crippen LogP contribution in [0.5, 0.6) is 0 Å². The van der Waals surface area contributed by atoms with Gasteiger partial charge in [-0.2, -0.15) is 0 Å². The third-order valence-electron chi connectivity index (χ3n) is 11.6. The summed E-state index contributed by atoms with van der Waals surface area (Å²) in [6.07, 6.45) is 0. The molecule has 0 saturated carbocycles. The molecule has 0 bridgehead atoms. The van der Waals surface area contributed by atoms with Gasteiger partial charge in [0.2, 0.25) is 0 Å². The first-order valence-corrected chi connectivity index (χ1v) is 21.8. The lowest BCUT2D eigenvalue weighted by atomic mass is 9.98. The van der Waals surface area contributed by atoms with Crippen LogP contribution in [0.3, 0.4) is 0 Å². The molecule has 12 aromatic rings. The van der Waals surface area contributed by atoms with E-state index < -0.39 is 0 Å². The second-order valence-corrected chi connectivity index (χ2v) is 17.3. The number of thiophene rings is 2. The zero-order chi connectivity index (χ0) is 39.6. The van der Waals surface area contributed by atoms with E-state index in [1.165, 1.54) is 75.1 Å². The highest BCUT2D eigenvalue weighted by atomic mass is 32.1. The number of hydrogen-bond acceptors (Lipinski definition) is 4. The fourth-order valence-electron chi connectivity index (χ4n) is 8.56. The van der Waals surface area contributed by atoms with E-state index in [1.807, 2.05) is 46.9 Å². The van der Waals surface area contributed by atoms with Crippen molar-refractivity contribution in [3.63, 3.8) is 0 Å². The molecule has 0 aliphatic rings. The Hall–Kier alpha value is -7.24. The molecule has 4 heterocycles.